The van der Waals surface area contributed by atoms with Crippen molar-refractivity contribution in [1.82, 2.24) is 19.9 Å². The summed E-state index contributed by atoms with van der Waals surface area (Å²) in [5, 5.41) is 2.47. The number of ether oxygens (including phenoxy) is 2. The summed E-state index contributed by atoms with van der Waals surface area (Å²) in [7, 11) is 0. The maximum atomic E-state index is 14.0. The van der Waals surface area contributed by atoms with E-state index in [9.17, 15) is 9.18 Å². The zero-order chi connectivity index (χ0) is 18.7. The fourth-order valence-electron chi connectivity index (χ4n) is 1.91. The first-order valence-electron chi connectivity index (χ1n) is 7.42. The number of rotatable bonds is 5. The third kappa shape index (κ3) is 4.52. The molecule has 1 amide bonds. The van der Waals surface area contributed by atoms with Crippen LogP contribution in [0.2, 0.25) is 4.47 Å². The first kappa shape index (κ1) is 18.2. The van der Waals surface area contributed by atoms with E-state index in [2.05, 4.69) is 25.3 Å². The molecule has 0 fully saturated rings. The van der Waals surface area contributed by atoms with Crippen molar-refractivity contribution in [2.45, 2.75) is 20.0 Å². The molecule has 3 aromatic rings. The molecule has 26 heavy (non-hydrogen) atoms. The van der Waals surface area contributed by atoms with Crippen molar-refractivity contribution < 1.29 is 18.7 Å². The van der Waals surface area contributed by atoms with Crippen molar-refractivity contribution in [2.24, 2.45) is 0 Å². The number of anilines is 1. The zero-order valence-corrected chi connectivity index (χ0v) is 15.3. The average molecular weight is 398 g/mol. The number of carbonyl (C=O) groups is 1. The molecule has 8 nitrogen and oxygen atoms in total. The van der Waals surface area contributed by atoms with Crippen molar-refractivity contribution in [3.05, 3.63) is 34.6 Å². The van der Waals surface area contributed by atoms with Crippen LogP contribution in [0, 0.1) is 12.7 Å². The Morgan fingerprint density at radius 1 is 1.38 bits per heavy atom. The summed E-state index contributed by atoms with van der Waals surface area (Å²) in [6, 6.07) is 1.19. The van der Waals surface area contributed by atoms with Gasteiger partial charge in [-0.05, 0) is 13.8 Å². The van der Waals surface area contributed by atoms with E-state index < -0.39 is 18.0 Å². The highest BCUT2D eigenvalue weighted by Gasteiger charge is 2.16. The van der Waals surface area contributed by atoms with Gasteiger partial charge in [0.15, 0.2) is 10.3 Å². The molecular formula is C15H13ClFN5O3S. The van der Waals surface area contributed by atoms with Gasteiger partial charge in [0.2, 0.25) is 0 Å². The monoisotopic (exact) mass is 397 g/mol. The molecule has 11 heteroatoms. The summed E-state index contributed by atoms with van der Waals surface area (Å²) in [4.78, 5) is 28.1. The molecule has 0 saturated carbocycles. The Morgan fingerprint density at radius 2 is 2.12 bits per heavy atom. The van der Waals surface area contributed by atoms with Crippen LogP contribution >= 0.6 is 22.9 Å². The summed E-state index contributed by atoms with van der Waals surface area (Å²) in [6.45, 7) is 3.24. The van der Waals surface area contributed by atoms with Crippen LogP contribution in [0.3, 0.4) is 0 Å². The molecule has 1 N–H and O–H groups in total. The van der Waals surface area contributed by atoms with Gasteiger partial charge in [-0.3, -0.25) is 5.32 Å². The number of hydrogen-bond acceptors (Lipinski definition) is 8. The molecule has 0 aliphatic rings. The Bertz CT molecular complexity index is 937. The molecule has 1 unspecified atom stereocenters. The second-order valence-electron chi connectivity index (χ2n) is 5.24. The van der Waals surface area contributed by atoms with E-state index in [1.807, 2.05) is 0 Å². The number of pyridine rings is 1. The quantitative estimate of drug-likeness (QED) is 0.702. The van der Waals surface area contributed by atoms with Crippen LogP contribution in [-0.2, 0) is 4.74 Å². The molecule has 0 bridgehead atoms. The average Bonchev–Trinajstić information content (AvgIpc) is 2.94. The molecule has 3 heterocycles. The van der Waals surface area contributed by atoms with Gasteiger partial charge < -0.3 is 9.47 Å². The van der Waals surface area contributed by atoms with Gasteiger partial charge in [0, 0.05) is 6.07 Å². The third-order valence-corrected chi connectivity index (χ3v) is 4.14. The fraction of sp³-hybridized carbons (Fsp3) is 0.267. The number of amides is 1. The molecule has 3 aromatic heterocycles. The second-order valence-corrected chi connectivity index (χ2v) is 6.80. The van der Waals surface area contributed by atoms with Gasteiger partial charge in [-0.1, -0.05) is 22.9 Å². The lowest BCUT2D eigenvalue weighted by Crippen LogP contribution is -2.24. The number of nitrogens with zero attached hydrogens (tertiary/aromatic N) is 4. The minimum Gasteiger partial charge on any atom is -0.469 e. The number of thiazole rings is 1. The second kappa shape index (κ2) is 7.75. The van der Waals surface area contributed by atoms with E-state index in [1.165, 1.54) is 18.5 Å². The lowest BCUT2D eigenvalue weighted by Gasteiger charge is -2.14. The topological polar surface area (TPSA) is 99.1 Å². The van der Waals surface area contributed by atoms with Crippen molar-refractivity contribution >= 4 is 45.1 Å². The minimum atomic E-state index is -0.703. The maximum absolute atomic E-state index is 14.0. The zero-order valence-electron chi connectivity index (χ0n) is 13.7. The van der Waals surface area contributed by atoms with Crippen molar-refractivity contribution in [1.29, 1.82) is 0 Å². The molecule has 0 saturated heterocycles. The molecule has 0 aromatic carbocycles. The predicted octanol–water partition coefficient (Wildman–Crippen LogP) is 3.60. The van der Waals surface area contributed by atoms with Crippen molar-refractivity contribution in [3.8, 4) is 5.88 Å². The maximum Gasteiger partial charge on any atom is 0.411 e. The van der Waals surface area contributed by atoms with E-state index in [1.54, 1.807) is 13.8 Å². The van der Waals surface area contributed by atoms with E-state index in [-0.39, 0.29) is 17.0 Å². The molecule has 3 rings (SSSR count). The first-order valence-corrected chi connectivity index (χ1v) is 8.62. The van der Waals surface area contributed by atoms with Crippen LogP contribution in [0.4, 0.5) is 14.9 Å². The summed E-state index contributed by atoms with van der Waals surface area (Å²) in [6.07, 6.45) is 1.58. The van der Waals surface area contributed by atoms with Crippen LogP contribution < -0.4 is 10.1 Å². The number of carbonyl (C=O) groups excluding carboxylic acids is 1. The largest absolute Gasteiger partial charge is 0.469 e. The van der Waals surface area contributed by atoms with Crippen LogP contribution in [0.25, 0.3) is 10.3 Å². The number of hydrogen-bond donors (Lipinski definition) is 1. The van der Waals surface area contributed by atoms with Crippen molar-refractivity contribution in [2.75, 3.05) is 11.9 Å². The number of fused-ring (bicyclic) bond motifs is 1. The van der Waals surface area contributed by atoms with E-state index in [4.69, 9.17) is 21.1 Å². The lowest BCUT2D eigenvalue weighted by molar-refractivity contribution is 0.0941. The Hall–Kier alpha value is -2.59. The highest BCUT2D eigenvalue weighted by molar-refractivity contribution is 7.21. The standard InChI is InChI=1S/C15H13ClFN5O3S/c1-7(6-24-15(23)20-9-4-18-8(2)19-5-9)25-12-10(17)3-11-13(22-12)26-14(16)21-11/h3-5,7H,6H2,1-2H3,(H,20,23). The summed E-state index contributed by atoms with van der Waals surface area (Å²) >= 11 is 6.90. The van der Waals surface area contributed by atoms with E-state index in [0.717, 1.165) is 11.3 Å². The molecule has 136 valence electrons. The predicted molar refractivity (Wildman–Crippen MR) is 94.2 cm³/mol. The Morgan fingerprint density at radius 3 is 2.85 bits per heavy atom. The number of nitrogens with one attached hydrogen (secondary N) is 1. The highest BCUT2D eigenvalue weighted by atomic mass is 35.5. The SMILES string of the molecule is Cc1ncc(NC(=O)OCC(C)Oc2nc3sc(Cl)nc3cc2F)cn1. The van der Waals surface area contributed by atoms with E-state index in [0.29, 0.717) is 21.9 Å². The Labute approximate surface area is 156 Å². The van der Waals surface area contributed by atoms with Crippen molar-refractivity contribution in [3.63, 3.8) is 0 Å². The van der Waals surface area contributed by atoms with E-state index >= 15 is 0 Å². The lowest BCUT2D eigenvalue weighted by atomic mass is 10.4. The molecule has 0 spiro atoms. The molecule has 1 atom stereocenters. The van der Waals surface area contributed by atoms with Gasteiger partial charge >= 0.3 is 6.09 Å². The normalized spacial score (nSPS) is 12.0. The number of aromatic nitrogens is 4. The van der Waals surface area contributed by atoms with Gasteiger partial charge in [0.05, 0.1) is 18.1 Å². The van der Waals surface area contributed by atoms with Gasteiger partial charge in [0.25, 0.3) is 5.88 Å². The third-order valence-electron chi connectivity index (χ3n) is 3.07. The molecule has 0 aliphatic carbocycles. The van der Waals surface area contributed by atoms with Gasteiger partial charge in [-0.25, -0.2) is 24.1 Å². The number of halogens is 2. The molecule has 0 radical (unpaired) electrons. The van der Waals surface area contributed by atoms with Gasteiger partial charge in [-0.15, -0.1) is 0 Å². The highest BCUT2D eigenvalue weighted by Crippen LogP contribution is 2.28. The Balaban J connectivity index is 1.55. The van der Waals surface area contributed by atoms with Gasteiger partial charge in [-0.2, -0.15) is 4.98 Å². The Kier molecular flexibility index (Phi) is 5.43. The fourth-order valence-corrected chi connectivity index (χ4v) is 2.86. The van der Waals surface area contributed by atoms with Crippen LogP contribution in [0.15, 0.2) is 18.5 Å². The first-order chi connectivity index (χ1) is 12.4. The van der Waals surface area contributed by atoms with Crippen LogP contribution in [0.5, 0.6) is 5.88 Å². The van der Waals surface area contributed by atoms with Crippen LogP contribution in [0.1, 0.15) is 12.7 Å². The summed E-state index contributed by atoms with van der Waals surface area (Å²) < 4.78 is 24.7. The minimum absolute atomic E-state index is 0.110. The smallest absolute Gasteiger partial charge is 0.411 e. The number of aryl methyl sites for hydroxylation is 1. The molecule has 0 aliphatic heterocycles. The molecular weight excluding hydrogens is 385 g/mol. The van der Waals surface area contributed by atoms with Gasteiger partial charge in [0.1, 0.15) is 28.9 Å². The summed E-state index contributed by atoms with van der Waals surface area (Å²) in [5.41, 5.74) is 0.753. The summed E-state index contributed by atoms with van der Waals surface area (Å²) in [5.74, 6) is -0.298. The van der Waals surface area contributed by atoms with Crippen LogP contribution in [-0.4, -0.2) is 38.7 Å².